The van der Waals surface area contributed by atoms with Crippen LogP contribution in [0.4, 0.5) is 11.6 Å². The number of hydrogen-bond donors (Lipinski definition) is 4. The summed E-state index contributed by atoms with van der Waals surface area (Å²) in [7, 11) is 0. The lowest BCUT2D eigenvalue weighted by Gasteiger charge is -2.08. The Hall–Kier alpha value is -2.09. The van der Waals surface area contributed by atoms with Crippen molar-refractivity contribution in [3.05, 3.63) is 10.8 Å². The van der Waals surface area contributed by atoms with E-state index in [4.69, 9.17) is 28.8 Å². The molecule has 0 aliphatic heterocycles. The highest BCUT2D eigenvalue weighted by Gasteiger charge is 2.22. The minimum Gasteiger partial charge on any atom is -0.382 e. The third kappa shape index (κ3) is 3.44. The fraction of sp³-hybridized carbons (Fsp3) is 0.400. The SMILES string of the molecule is NC(N)=NC(=O)c1nc(Cl)c(NCC2CC2)nc1N. The molecule has 0 bridgehead atoms. The van der Waals surface area contributed by atoms with Crippen LogP contribution in [-0.4, -0.2) is 28.4 Å². The van der Waals surface area contributed by atoms with E-state index in [0.717, 1.165) is 6.54 Å². The van der Waals surface area contributed by atoms with Crippen LogP contribution >= 0.6 is 11.6 Å². The third-order valence-corrected chi connectivity index (χ3v) is 2.83. The third-order valence-electron chi connectivity index (χ3n) is 2.57. The maximum absolute atomic E-state index is 11.6. The molecule has 102 valence electrons. The number of anilines is 2. The number of rotatable bonds is 4. The quantitative estimate of drug-likeness (QED) is 0.447. The fourth-order valence-electron chi connectivity index (χ4n) is 1.43. The summed E-state index contributed by atoms with van der Waals surface area (Å²) in [5, 5.41) is 3.10. The molecular weight excluding hydrogens is 270 g/mol. The molecular formula is C10H14ClN7O. The molecule has 19 heavy (non-hydrogen) atoms. The van der Waals surface area contributed by atoms with Gasteiger partial charge in [-0.2, -0.15) is 4.99 Å². The van der Waals surface area contributed by atoms with E-state index in [2.05, 4.69) is 20.3 Å². The largest absolute Gasteiger partial charge is 0.382 e. The Morgan fingerprint density at radius 1 is 1.42 bits per heavy atom. The Kier molecular flexibility index (Phi) is 3.70. The molecule has 0 unspecified atom stereocenters. The minimum absolute atomic E-state index is 0.0593. The lowest BCUT2D eigenvalue weighted by Crippen LogP contribution is -2.25. The van der Waals surface area contributed by atoms with Crippen molar-refractivity contribution in [3.63, 3.8) is 0 Å². The molecule has 1 heterocycles. The molecule has 1 aromatic heterocycles. The molecule has 0 aromatic carbocycles. The molecule has 1 amide bonds. The van der Waals surface area contributed by atoms with E-state index in [1.165, 1.54) is 12.8 Å². The number of hydrogen-bond acceptors (Lipinski definition) is 5. The summed E-state index contributed by atoms with van der Waals surface area (Å²) in [6.45, 7) is 0.759. The minimum atomic E-state index is -0.777. The van der Waals surface area contributed by atoms with Crippen molar-refractivity contribution in [2.24, 2.45) is 22.4 Å². The topological polar surface area (TPSA) is 145 Å². The second kappa shape index (κ2) is 5.27. The first kappa shape index (κ1) is 13.3. The molecule has 8 nitrogen and oxygen atoms in total. The van der Waals surface area contributed by atoms with Crippen LogP contribution in [0.5, 0.6) is 0 Å². The normalized spacial score (nSPS) is 13.9. The average molecular weight is 284 g/mol. The molecule has 7 N–H and O–H groups in total. The van der Waals surface area contributed by atoms with Gasteiger partial charge in [0.2, 0.25) is 0 Å². The van der Waals surface area contributed by atoms with E-state index < -0.39 is 5.91 Å². The monoisotopic (exact) mass is 283 g/mol. The van der Waals surface area contributed by atoms with Crippen LogP contribution in [-0.2, 0) is 0 Å². The Labute approximate surface area is 114 Å². The summed E-state index contributed by atoms with van der Waals surface area (Å²) in [6.07, 6.45) is 2.38. The highest BCUT2D eigenvalue weighted by Crippen LogP contribution is 2.30. The van der Waals surface area contributed by atoms with Crippen LogP contribution in [0.25, 0.3) is 0 Å². The van der Waals surface area contributed by atoms with Gasteiger partial charge in [-0.3, -0.25) is 4.79 Å². The van der Waals surface area contributed by atoms with Gasteiger partial charge in [-0.05, 0) is 18.8 Å². The molecule has 0 radical (unpaired) electrons. The van der Waals surface area contributed by atoms with E-state index >= 15 is 0 Å². The first-order chi connectivity index (χ1) is 8.97. The summed E-state index contributed by atoms with van der Waals surface area (Å²) in [4.78, 5) is 22.8. The van der Waals surface area contributed by atoms with E-state index in [-0.39, 0.29) is 22.6 Å². The Bertz CT molecular complexity index is 537. The first-order valence-electron chi connectivity index (χ1n) is 5.68. The summed E-state index contributed by atoms with van der Waals surface area (Å²) in [6, 6.07) is 0. The van der Waals surface area contributed by atoms with Gasteiger partial charge >= 0.3 is 5.91 Å². The summed E-state index contributed by atoms with van der Waals surface area (Å²) >= 11 is 5.93. The van der Waals surface area contributed by atoms with Gasteiger partial charge in [0.1, 0.15) is 0 Å². The van der Waals surface area contributed by atoms with E-state index in [1.54, 1.807) is 0 Å². The Morgan fingerprint density at radius 3 is 2.68 bits per heavy atom. The lowest BCUT2D eigenvalue weighted by atomic mass is 10.3. The predicted octanol–water partition coefficient (Wildman–Crippen LogP) is -0.0523. The number of nitrogen functional groups attached to an aromatic ring is 1. The number of nitrogens with two attached hydrogens (primary N) is 3. The standard InChI is InChI=1S/C10H14ClN7O/c11-6-8(15-3-4-1-2-4)17-7(12)5(16-6)9(19)18-10(13)14/h4H,1-3H2,(H3,12,15,17)(H4,13,14,18,19). The highest BCUT2D eigenvalue weighted by molar-refractivity contribution is 6.32. The van der Waals surface area contributed by atoms with Gasteiger partial charge in [0.15, 0.2) is 28.4 Å². The molecule has 2 rings (SSSR count). The Balaban J connectivity index is 2.19. The molecule has 1 aromatic rings. The number of nitrogens with zero attached hydrogens (tertiary/aromatic N) is 3. The number of carbonyl (C=O) groups is 1. The predicted molar refractivity (Wildman–Crippen MR) is 72.8 cm³/mol. The zero-order valence-electron chi connectivity index (χ0n) is 10.1. The molecule has 0 spiro atoms. The summed E-state index contributed by atoms with van der Waals surface area (Å²) in [5.41, 5.74) is 15.7. The first-order valence-corrected chi connectivity index (χ1v) is 6.06. The van der Waals surface area contributed by atoms with Crippen LogP contribution in [0, 0.1) is 5.92 Å². The Morgan fingerprint density at radius 2 is 2.11 bits per heavy atom. The molecule has 1 fully saturated rings. The van der Waals surface area contributed by atoms with Crippen LogP contribution < -0.4 is 22.5 Å². The molecule has 1 aliphatic carbocycles. The number of aromatic nitrogens is 2. The maximum atomic E-state index is 11.6. The van der Waals surface area contributed by atoms with Gasteiger partial charge in [-0.1, -0.05) is 11.6 Å². The van der Waals surface area contributed by atoms with Crippen LogP contribution in [0.2, 0.25) is 5.15 Å². The van der Waals surface area contributed by atoms with Gasteiger partial charge in [0.25, 0.3) is 0 Å². The fourth-order valence-corrected chi connectivity index (χ4v) is 1.62. The zero-order valence-corrected chi connectivity index (χ0v) is 10.8. The average Bonchev–Trinajstić information content (AvgIpc) is 3.12. The highest BCUT2D eigenvalue weighted by atomic mass is 35.5. The molecule has 0 saturated heterocycles. The van der Waals surface area contributed by atoms with Crippen molar-refractivity contribution in [3.8, 4) is 0 Å². The second-order valence-electron chi connectivity index (χ2n) is 4.26. The number of nitrogens with one attached hydrogen (secondary N) is 1. The van der Waals surface area contributed by atoms with Crippen molar-refractivity contribution in [1.29, 1.82) is 0 Å². The van der Waals surface area contributed by atoms with Crippen molar-refractivity contribution in [2.45, 2.75) is 12.8 Å². The number of aliphatic imine (C=N–C) groups is 1. The number of halogens is 1. The van der Waals surface area contributed by atoms with Crippen LogP contribution in [0.1, 0.15) is 23.3 Å². The van der Waals surface area contributed by atoms with Crippen molar-refractivity contribution in [2.75, 3.05) is 17.6 Å². The van der Waals surface area contributed by atoms with Gasteiger partial charge in [-0.15, -0.1) is 0 Å². The number of amides is 1. The number of carbonyl (C=O) groups excluding carboxylic acids is 1. The van der Waals surface area contributed by atoms with E-state index in [9.17, 15) is 4.79 Å². The molecule has 1 aliphatic rings. The van der Waals surface area contributed by atoms with Crippen LogP contribution in [0.3, 0.4) is 0 Å². The molecule has 1 saturated carbocycles. The van der Waals surface area contributed by atoms with Gasteiger partial charge in [0.05, 0.1) is 0 Å². The second-order valence-corrected chi connectivity index (χ2v) is 4.62. The molecule has 0 atom stereocenters. The lowest BCUT2D eigenvalue weighted by molar-refractivity contribution is 0.0998. The van der Waals surface area contributed by atoms with Gasteiger partial charge in [-0.25, -0.2) is 9.97 Å². The van der Waals surface area contributed by atoms with Crippen molar-refractivity contribution < 1.29 is 4.79 Å². The van der Waals surface area contributed by atoms with E-state index in [1.807, 2.05) is 0 Å². The smallest absolute Gasteiger partial charge is 0.302 e. The summed E-state index contributed by atoms with van der Waals surface area (Å²) < 4.78 is 0. The van der Waals surface area contributed by atoms with Crippen molar-refractivity contribution >= 4 is 35.1 Å². The summed E-state index contributed by atoms with van der Waals surface area (Å²) in [5.74, 6) is -0.231. The van der Waals surface area contributed by atoms with Crippen LogP contribution in [0.15, 0.2) is 4.99 Å². The molecule has 9 heteroatoms. The maximum Gasteiger partial charge on any atom is 0.302 e. The van der Waals surface area contributed by atoms with Crippen molar-refractivity contribution in [1.82, 2.24) is 9.97 Å². The van der Waals surface area contributed by atoms with Gasteiger partial charge < -0.3 is 22.5 Å². The number of guanidine groups is 1. The van der Waals surface area contributed by atoms with Gasteiger partial charge in [0, 0.05) is 6.54 Å². The van der Waals surface area contributed by atoms with E-state index in [0.29, 0.717) is 11.7 Å². The zero-order chi connectivity index (χ0) is 14.0.